The molecule has 0 fully saturated rings. The fraction of sp³-hybridized carbons (Fsp3) is 0.500. The lowest BCUT2D eigenvalue weighted by Gasteiger charge is -2.04. The van der Waals surface area contributed by atoms with Crippen molar-refractivity contribution in [2.75, 3.05) is 7.05 Å². The average molecular weight is 233 g/mol. The van der Waals surface area contributed by atoms with Crippen LogP contribution in [0.1, 0.15) is 31.3 Å². The Morgan fingerprint density at radius 3 is 2.82 bits per heavy atom. The van der Waals surface area contributed by atoms with Gasteiger partial charge in [-0.05, 0) is 27.0 Å². The summed E-state index contributed by atoms with van der Waals surface area (Å²) in [5.41, 5.74) is 2.11. The molecule has 0 atom stereocenters. The van der Waals surface area contributed by atoms with Crippen molar-refractivity contribution in [2.24, 2.45) is 0 Å². The van der Waals surface area contributed by atoms with Crippen molar-refractivity contribution < 1.29 is 0 Å². The van der Waals surface area contributed by atoms with Crippen molar-refractivity contribution >= 4 is 0 Å². The van der Waals surface area contributed by atoms with Gasteiger partial charge in [-0.2, -0.15) is 5.10 Å². The van der Waals surface area contributed by atoms with E-state index in [1.807, 2.05) is 30.5 Å². The molecule has 0 aliphatic heterocycles. The highest BCUT2D eigenvalue weighted by Crippen LogP contribution is 2.06. The number of nitrogens with zero attached hydrogens (tertiary/aromatic N) is 4. The Kier molecular flexibility index (Phi) is 3.58. The first kappa shape index (κ1) is 11.9. The number of hydrogen-bond donors (Lipinski definition) is 1. The lowest BCUT2D eigenvalue weighted by atomic mass is 10.4. The molecular formula is C12H19N5. The van der Waals surface area contributed by atoms with Crippen LogP contribution in [0.15, 0.2) is 24.8 Å². The van der Waals surface area contributed by atoms with Gasteiger partial charge in [0.2, 0.25) is 0 Å². The summed E-state index contributed by atoms with van der Waals surface area (Å²) in [5, 5.41) is 7.60. The molecule has 5 nitrogen and oxygen atoms in total. The van der Waals surface area contributed by atoms with Gasteiger partial charge in [0.25, 0.3) is 0 Å². The van der Waals surface area contributed by atoms with Crippen molar-refractivity contribution in [3.63, 3.8) is 0 Å². The molecule has 0 aromatic carbocycles. The third kappa shape index (κ3) is 2.94. The lowest BCUT2D eigenvalue weighted by molar-refractivity contribution is 0.523. The first-order valence-electron chi connectivity index (χ1n) is 5.88. The van der Waals surface area contributed by atoms with Crippen LogP contribution in [0, 0.1) is 0 Å². The van der Waals surface area contributed by atoms with Crippen molar-refractivity contribution in [3.8, 4) is 0 Å². The minimum absolute atomic E-state index is 0.409. The molecule has 1 N–H and O–H groups in total. The van der Waals surface area contributed by atoms with E-state index in [9.17, 15) is 0 Å². The molecule has 17 heavy (non-hydrogen) atoms. The van der Waals surface area contributed by atoms with E-state index in [2.05, 4.69) is 39.9 Å². The fourth-order valence-electron chi connectivity index (χ4n) is 1.70. The van der Waals surface area contributed by atoms with E-state index in [1.54, 1.807) is 0 Å². The van der Waals surface area contributed by atoms with Gasteiger partial charge in [0.15, 0.2) is 0 Å². The zero-order chi connectivity index (χ0) is 12.3. The zero-order valence-electron chi connectivity index (χ0n) is 10.6. The summed E-state index contributed by atoms with van der Waals surface area (Å²) < 4.78 is 4.03. The van der Waals surface area contributed by atoms with Crippen LogP contribution >= 0.6 is 0 Å². The highest BCUT2D eigenvalue weighted by atomic mass is 15.3. The standard InChI is InChI=1S/C12H19N5/c1-10(2)17-5-4-11(15-17)7-16-8-12(6-13-3)14-9-16/h4-5,8-10,13H,6-7H2,1-3H3. The van der Waals surface area contributed by atoms with Gasteiger partial charge in [0.1, 0.15) is 0 Å². The summed E-state index contributed by atoms with van der Waals surface area (Å²) in [6.45, 7) is 5.82. The maximum atomic E-state index is 4.51. The second-order valence-electron chi connectivity index (χ2n) is 4.45. The van der Waals surface area contributed by atoms with Crippen LogP contribution in [0.25, 0.3) is 0 Å². The van der Waals surface area contributed by atoms with Gasteiger partial charge in [-0.25, -0.2) is 4.98 Å². The molecule has 92 valence electrons. The van der Waals surface area contributed by atoms with Gasteiger partial charge in [-0.15, -0.1) is 0 Å². The topological polar surface area (TPSA) is 47.7 Å². The summed E-state index contributed by atoms with van der Waals surface area (Å²) >= 11 is 0. The smallest absolute Gasteiger partial charge is 0.0953 e. The van der Waals surface area contributed by atoms with E-state index in [0.29, 0.717) is 6.04 Å². The first-order chi connectivity index (χ1) is 8.19. The number of imidazole rings is 1. The van der Waals surface area contributed by atoms with Crippen molar-refractivity contribution in [1.82, 2.24) is 24.6 Å². The van der Waals surface area contributed by atoms with Crippen molar-refractivity contribution in [1.29, 1.82) is 0 Å². The second-order valence-corrected chi connectivity index (χ2v) is 4.45. The number of aromatic nitrogens is 4. The molecule has 2 heterocycles. The minimum Gasteiger partial charge on any atom is -0.331 e. The summed E-state index contributed by atoms with van der Waals surface area (Å²) in [7, 11) is 1.92. The Morgan fingerprint density at radius 1 is 1.35 bits per heavy atom. The Morgan fingerprint density at radius 2 is 2.18 bits per heavy atom. The van der Waals surface area contributed by atoms with Crippen molar-refractivity contribution in [2.45, 2.75) is 33.0 Å². The summed E-state index contributed by atoms with van der Waals surface area (Å²) in [6, 6.07) is 2.46. The minimum atomic E-state index is 0.409. The van der Waals surface area contributed by atoms with Crippen LogP contribution in [0.5, 0.6) is 0 Å². The molecule has 0 spiro atoms. The molecule has 0 bridgehead atoms. The molecule has 0 unspecified atom stereocenters. The van der Waals surface area contributed by atoms with E-state index in [0.717, 1.165) is 24.5 Å². The maximum Gasteiger partial charge on any atom is 0.0953 e. The quantitative estimate of drug-likeness (QED) is 0.850. The van der Waals surface area contributed by atoms with E-state index in [-0.39, 0.29) is 0 Å². The Bertz CT molecular complexity index is 469. The summed E-state index contributed by atoms with van der Waals surface area (Å²) in [5.74, 6) is 0. The van der Waals surface area contributed by atoms with Crippen LogP contribution in [-0.4, -0.2) is 26.4 Å². The Labute approximate surface area is 101 Å². The molecule has 2 aromatic heterocycles. The third-order valence-electron chi connectivity index (χ3n) is 2.58. The Balaban J connectivity index is 2.03. The molecule has 0 aliphatic rings. The molecular weight excluding hydrogens is 214 g/mol. The van der Waals surface area contributed by atoms with E-state index in [4.69, 9.17) is 0 Å². The van der Waals surface area contributed by atoms with E-state index >= 15 is 0 Å². The molecule has 2 rings (SSSR count). The van der Waals surface area contributed by atoms with Gasteiger partial charge in [-0.3, -0.25) is 4.68 Å². The molecule has 0 aliphatic carbocycles. The van der Waals surface area contributed by atoms with Gasteiger partial charge in [0.05, 0.1) is 24.3 Å². The monoisotopic (exact) mass is 233 g/mol. The van der Waals surface area contributed by atoms with E-state index < -0.39 is 0 Å². The molecule has 0 saturated carbocycles. The van der Waals surface area contributed by atoms with Crippen LogP contribution in [0.4, 0.5) is 0 Å². The third-order valence-corrected chi connectivity index (χ3v) is 2.58. The van der Waals surface area contributed by atoms with Crippen LogP contribution in [0.3, 0.4) is 0 Å². The molecule has 0 saturated heterocycles. The highest BCUT2D eigenvalue weighted by Gasteiger charge is 2.03. The van der Waals surface area contributed by atoms with Crippen LogP contribution in [0.2, 0.25) is 0 Å². The molecule has 2 aromatic rings. The fourth-order valence-corrected chi connectivity index (χ4v) is 1.70. The summed E-state index contributed by atoms with van der Waals surface area (Å²) in [4.78, 5) is 4.31. The predicted octanol–water partition coefficient (Wildman–Crippen LogP) is 1.43. The normalized spacial score (nSPS) is 11.3. The van der Waals surface area contributed by atoms with E-state index in [1.165, 1.54) is 0 Å². The number of nitrogens with one attached hydrogen (secondary N) is 1. The number of rotatable bonds is 5. The highest BCUT2D eigenvalue weighted by molar-refractivity contribution is 5.03. The van der Waals surface area contributed by atoms with Gasteiger partial charge in [-0.1, -0.05) is 0 Å². The maximum absolute atomic E-state index is 4.51. The van der Waals surface area contributed by atoms with Gasteiger partial charge >= 0.3 is 0 Å². The first-order valence-corrected chi connectivity index (χ1v) is 5.88. The zero-order valence-corrected chi connectivity index (χ0v) is 10.6. The second kappa shape index (κ2) is 5.14. The van der Waals surface area contributed by atoms with Gasteiger partial charge in [0, 0.05) is 25.0 Å². The molecule has 0 radical (unpaired) electrons. The van der Waals surface area contributed by atoms with Crippen LogP contribution < -0.4 is 5.32 Å². The summed E-state index contributed by atoms with van der Waals surface area (Å²) in [6.07, 6.45) is 5.91. The largest absolute Gasteiger partial charge is 0.331 e. The molecule has 0 amide bonds. The van der Waals surface area contributed by atoms with Crippen molar-refractivity contribution in [3.05, 3.63) is 36.2 Å². The predicted molar refractivity (Wildman–Crippen MR) is 66.7 cm³/mol. The average Bonchev–Trinajstić information content (AvgIpc) is 2.89. The van der Waals surface area contributed by atoms with Gasteiger partial charge < -0.3 is 9.88 Å². The lowest BCUT2D eigenvalue weighted by Crippen LogP contribution is -2.05. The SMILES string of the molecule is CNCc1cn(Cc2ccn(C(C)C)n2)cn1. The number of hydrogen-bond acceptors (Lipinski definition) is 3. The van der Waals surface area contributed by atoms with Crippen LogP contribution in [-0.2, 0) is 13.1 Å². The molecule has 5 heteroatoms. The Hall–Kier alpha value is -1.62.